The van der Waals surface area contributed by atoms with Gasteiger partial charge in [-0.05, 0) is 20.3 Å². The van der Waals surface area contributed by atoms with Gasteiger partial charge in [-0.2, -0.15) is 0 Å². The molecule has 0 bridgehead atoms. The molecule has 0 amide bonds. The largest absolute Gasteiger partial charge is 0.374 e. The first-order valence-electron chi connectivity index (χ1n) is 5.18. The van der Waals surface area contributed by atoms with Gasteiger partial charge in [0.05, 0.1) is 12.7 Å². The Labute approximate surface area is 94.6 Å². The molecule has 1 nitrogen and oxygen atoms in total. The summed E-state index contributed by atoms with van der Waals surface area (Å²) in [6, 6.07) is 0. The van der Waals surface area contributed by atoms with Crippen LogP contribution in [-0.2, 0) is 4.74 Å². The van der Waals surface area contributed by atoms with Crippen molar-refractivity contribution < 1.29 is 4.74 Å². The Bertz CT molecular complexity index is 251. The molecule has 0 aromatic rings. The Morgan fingerprint density at radius 1 is 1.53 bits per heavy atom. The Balaban J connectivity index is 3.77. The highest BCUT2D eigenvalue weighted by molar-refractivity contribution is 6.17. The first-order chi connectivity index (χ1) is 7.24. The van der Waals surface area contributed by atoms with E-state index in [2.05, 4.69) is 6.58 Å². The summed E-state index contributed by atoms with van der Waals surface area (Å²) in [5.74, 6) is 1.55. The summed E-state index contributed by atoms with van der Waals surface area (Å²) < 4.78 is 5.57. The number of rotatable bonds is 7. The van der Waals surface area contributed by atoms with E-state index in [1.54, 1.807) is 12.1 Å². The molecule has 0 spiro atoms. The predicted octanol–water partition coefficient (Wildman–Crippen LogP) is 3.15. The molecule has 0 aliphatic rings. The van der Waals surface area contributed by atoms with Crippen LogP contribution in [0.4, 0.5) is 0 Å². The van der Waals surface area contributed by atoms with E-state index in [-0.39, 0.29) is 6.10 Å². The zero-order valence-electron chi connectivity index (χ0n) is 9.65. The van der Waals surface area contributed by atoms with Crippen LogP contribution in [0.15, 0.2) is 48.5 Å². The average molecular weight is 202 g/mol. The summed E-state index contributed by atoms with van der Waals surface area (Å²) in [5, 5.41) is 0. The molecule has 0 saturated heterocycles. The van der Waals surface area contributed by atoms with Crippen LogP contribution < -0.4 is 0 Å². The van der Waals surface area contributed by atoms with Crippen molar-refractivity contribution in [3.05, 3.63) is 48.5 Å². The molecule has 0 aliphatic heterocycles. The fourth-order valence-electron chi connectivity index (χ4n) is 1.10. The molecular formula is C13H19BO. The molecule has 1 atom stereocenters. The number of hydrogen-bond donors (Lipinski definition) is 0. The van der Waals surface area contributed by atoms with Crippen LogP contribution in [0.1, 0.15) is 20.3 Å². The summed E-state index contributed by atoms with van der Waals surface area (Å²) >= 11 is 0. The third-order valence-corrected chi connectivity index (χ3v) is 1.97. The van der Waals surface area contributed by atoms with E-state index < -0.39 is 0 Å². The van der Waals surface area contributed by atoms with E-state index in [4.69, 9.17) is 12.6 Å². The predicted molar refractivity (Wildman–Crippen MR) is 68.0 cm³/mol. The van der Waals surface area contributed by atoms with Crippen LogP contribution >= 0.6 is 0 Å². The molecule has 0 heterocycles. The second kappa shape index (κ2) is 9.54. The maximum Gasteiger partial charge on any atom is 0.102 e. The van der Waals surface area contributed by atoms with E-state index >= 15 is 0 Å². The molecule has 0 rings (SSSR count). The van der Waals surface area contributed by atoms with Gasteiger partial charge in [0.15, 0.2) is 0 Å². The standard InChI is InChI=1S/C13H19BO/c1-4-6-7-12(3)15-11-9-13(5-2)8-10-14/h4-8,10,12H,1,9,11H2,2-3H3/b7-6-,10-8-,13-5+. The molecule has 15 heavy (non-hydrogen) atoms. The first kappa shape index (κ1) is 14.0. The maximum absolute atomic E-state index is 5.57. The minimum atomic E-state index is 0.128. The minimum Gasteiger partial charge on any atom is -0.374 e. The average Bonchev–Trinajstić information content (AvgIpc) is 2.25. The molecule has 0 aromatic heterocycles. The molecule has 1 unspecified atom stereocenters. The van der Waals surface area contributed by atoms with Gasteiger partial charge in [0, 0.05) is 0 Å². The van der Waals surface area contributed by atoms with Crippen molar-refractivity contribution in [3.63, 3.8) is 0 Å². The van der Waals surface area contributed by atoms with Gasteiger partial charge in [0.25, 0.3) is 0 Å². The van der Waals surface area contributed by atoms with Gasteiger partial charge in [0.1, 0.15) is 7.85 Å². The monoisotopic (exact) mass is 202 g/mol. The lowest BCUT2D eigenvalue weighted by molar-refractivity contribution is 0.100. The number of allylic oxidation sites excluding steroid dienone is 4. The zero-order chi connectivity index (χ0) is 11.5. The van der Waals surface area contributed by atoms with Crippen LogP contribution in [0, 0.1) is 0 Å². The van der Waals surface area contributed by atoms with Gasteiger partial charge in [-0.15, -0.1) is 5.98 Å². The molecule has 0 aromatic carbocycles. The van der Waals surface area contributed by atoms with E-state index in [9.17, 15) is 0 Å². The normalized spacial score (nSPS) is 14.9. The fourth-order valence-corrected chi connectivity index (χ4v) is 1.10. The SMILES string of the molecule is [B]/C=C\C(=C/C)CCOC(C)/C=C\C=C. The topological polar surface area (TPSA) is 9.23 Å². The third kappa shape index (κ3) is 8.01. The van der Waals surface area contributed by atoms with E-state index in [1.807, 2.05) is 38.2 Å². The highest BCUT2D eigenvalue weighted by Gasteiger charge is 1.96. The molecule has 2 heteroatoms. The molecular weight excluding hydrogens is 183 g/mol. The molecule has 0 fully saturated rings. The number of hydrogen-bond acceptors (Lipinski definition) is 1. The summed E-state index contributed by atoms with van der Waals surface area (Å²) in [6.07, 6.45) is 10.6. The summed E-state index contributed by atoms with van der Waals surface area (Å²) in [4.78, 5) is 0. The number of ether oxygens (including phenoxy) is 1. The molecule has 80 valence electrons. The van der Waals surface area contributed by atoms with Crippen molar-refractivity contribution in [1.29, 1.82) is 0 Å². The Kier molecular flexibility index (Phi) is 8.89. The second-order valence-electron chi connectivity index (χ2n) is 3.17. The van der Waals surface area contributed by atoms with Gasteiger partial charge in [-0.1, -0.05) is 42.5 Å². The summed E-state index contributed by atoms with van der Waals surface area (Å²) in [6.45, 7) is 8.31. The van der Waals surface area contributed by atoms with Gasteiger partial charge < -0.3 is 4.74 Å². The zero-order valence-corrected chi connectivity index (χ0v) is 9.65. The molecule has 0 saturated carbocycles. The lowest BCUT2D eigenvalue weighted by atomic mass is 10.1. The molecule has 0 aliphatic carbocycles. The van der Waals surface area contributed by atoms with Gasteiger partial charge in [-0.3, -0.25) is 0 Å². The Morgan fingerprint density at radius 3 is 2.80 bits per heavy atom. The van der Waals surface area contributed by atoms with E-state index in [0.29, 0.717) is 6.61 Å². The van der Waals surface area contributed by atoms with Crippen molar-refractivity contribution in [1.82, 2.24) is 0 Å². The quantitative estimate of drug-likeness (QED) is 0.455. The van der Waals surface area contributed by atoms with Crippen molar-refractivity contribution in [2.45, 2.75) is 26.4 Å². The van der Waals surface area contributed by atoms with Crippen molar-refractivity contribution >= 4 is 7.85 Å². The van der Waals surface area contributed by atoms with Crippen LogP contribution in [0.2, 0.25) is 0 Å². The summed E-state index contributed by atoms with van der Waals surface area (Å²) in [7, 11) is 5.32. The van der Waals surface area contributed by atoms with Crippen molar-refractivity contribution in [3.8, 4) is 0 Å². The second-order valence-corrected chi connectivity index (χ2v) is 3.17. The van der Waals surface area contributed by atoms with Crippen LogP contribution in [-0.4, -0.2) is 20.6 Å². The Hall–Kier alpha value is -1.02. The molecule has 2 radical (unpaired) electrons. The first-order valence-corrected chi connectivity index (χ1v) is 5.18. The van der Waals surface area contributed by atoms with Crippen LogP contribution in [0.3, 0.4) is 0 Å². The minimum absolute atomic E-state index is 0.128. The summed E-state index contributed by atoms with van der Waals surface area (Å²) in [5.41, 5.74) is 1.19. The Morgan fingerprint density at radius 2 is 2.27 bits per heavy atom. The maximum atomic E-state index is 5.57. The van der Waals surface area contributed by atoms with E-state index in [0.717, 1.165) is 6.42 Å². The third-order valence-electron chi connectivity index (χ3n) is 1.97. The lowest BCUT2D eigenvalue weighted by Gasteiger charge is -2.08. The highest BCUT2D eigenvalue weighted by Crippen LogP contribution is 2.04. The smallest absolute Gasteiger partial charge is 0.102 e. The lowest BCUT2D eigenvalue weighted by Crippen LogP contribution is -2.06. The van der Waals surface area contributed by atoms with Crippen LogP contribution in [0.25, 0.3) is 0 Å². The van der Waals surface area contributed by atoms with Gasteiger partial charge in [0.2, 0.25) is 0 Å². The van der Waals surface area contributed by atoms with Crippen molar-refractivity contribution in [2.75, 3.05) is 6.61 Å². The fraction of sp³-hybridized carbons (Fsp3) is 0.385. The van der Waals surface area contributed by atoms with Gasteiger partial charge in [-0.25, -0.2) is 0 Å². The van der Waals surface area contributed by atoms with Crippen molar-refractivity contribution in [2.24, 2.45) is 0 Å². The van der Waals surface area contributed by atoms with E-state index in [1.165, 1.54) is 5.57 Å². The molecule has 0 N–H and O–H groups in total. The van der Waals surface area contributed by atoms with Gasteiger partial charge >= 0.3 is 0 Å². The highest BCUT2D eigenvalue weighted by atomic mass is 16.5. The van der Waals surface area contributed by atoms with Crippen LogP contribution in [0.5, 0.6) is 0 Å².